The fourth-order valence-corrected chi connectivity index (χ4v) is 2.05. The van der Waals surface area contributed by atoms with Crippen LogP contribution in [0, 0.1) is 11.3 Å². The molecule has 128 valence electrons. The molecule has 0 radical (unpaired) electrons. The molecule has 0 fully saturated rings. The Morgan fingerprint density at radius 3 is 2.20 bits per heavy atom. The Hall–Kier alpha value is -3.04. The maximum Gasteiger partial charge on any atom is 0.265 e. The van der Waals surface area contributed by atoms with E-state index in [4.69, 9.17) is 21.6 Å². The second-order valence-corrected chi connectivity index (χ2v) is 5.60. The van der Waals surface area contributed by atoms with Gasteiger partial charge in [-0.15, -0.1) is 0 Å². The van der Waals surface area contributed by atoms with Crippen LogP contribution in [0.5, 0.6) is 5.75 Å². The molecule has 2 aromatic carbocycles. The molecule has 2 N–H and O–H groups in total. The number of halogens is 1. The van der Waals surface area contributed by atoms with Crippen molar-refractivity contribution in [2.24, 2.45) is 0 Å². The molecule has 25 heavy (non-hydrogen) atoms. The number of carbonyl (C=O) groups excluding carboxylic acids is 2. The Kier molecular flexibility index (Phi) is 6.38. The van der Waals surface area contributed by atoms with Crippen LogP contribution in [0.4, 0.5) is 11.4 Å². The first kappa shape index (κ1) is 18.3. The summed E-state index contributed by atoms with van der Waals surface area (Å²) in [5, 5.41) is 14.3. The van der Waals surface area contributed by atoms with Crippen LogP contribution in [-0.4, -0.2) is 17.9 Å². The minimum atomic E-state index is -0.698. The van der Waals surface area contributed by atoms with Gasteiger partial charge in [0.15, 0.2) is 6.10 Å². The Morgan fingerprint density at radius 1 is 1.08 bits per heavy atom. The van der Waals surface area contributed by atoms with Gasteiger partial charge < -0.3 is 15.4 Å². The van der Waals surface area contributed by atoms with Crippen molar-refractivity contribution in [2.75, 3.05) is 10.6 Å². The number of nitriles is 1. The molecule has 2 rings (SSSR count). The van der Waals surface area contributed by atoms with Crippen LogP contribution >= 0.6 is 11.6 Å². The van der Waals surface area contributed by atoms with Gasteiger partial charge in [0.1, 0.15) is 12.2 Å². The van der Waals surface area contributed by atoms with E-state index in [0.29, 0.717) is 22.1 Å². The van der Waals surface area contributed by atoms with E-state index in [2.05, 4.69) is 10.6 Å². The number of benzene rings is 2. The van der Waals surface area contributed by atoms with Crippen molar-refractivity contribution in [2.45, 2.75) is 19.4 Å². The molecule has 0 aliphatic heterocycles. The number of carbonyl (C=O) groups is 2. The highest BCUT2D eigenvalue weighted by atomic mass is 35.5. The number of nitrogens with zero attached hydrogens (tertiary/aromatic N) is 1. The zero-order valence-electron chi connectivity index (χ0n) is 13.5. The van der Waals surface area contributed by atoms with Crippen molar-refractivity contribution in [1.29, 1.82) is 5.26 Å². The summed E-state index contributed by atoms with van der Waals surface area (Å²) < 4.78 is 5.55. The minimum Gasteiger partial charge on any atom is -0.481 e. The number of hydrogen-bond donors (Lipinski definition) is 2. The second-order valence-electron chi connectivity index (χ2n) is 5.16. The molecular weight excluding hydrogens is 342 g/mol. The molecule has 0 spiro atoms. The molecule has 1 atom stereocenters. The maximum atomic E-state index is 12.2. The Balaban J connectivity index is 1.90. The van der Waals surface area contributed by atoms with E-state index in [1.807, 2.05) is 0 Å². The summed E-state index contributed by atoms with van der Waals surface area (Å²) in [4.78, 5) is 23.5. The number of ether oxygens (including phenoxy) is 1. The number of rotatable bonds is 6. The highest BCUT2D eigenvalue weighted by molar-refractivity contribution is 6.30. The van der Waals surface area contributed by atoms with E-state index >= 15 is 0 Å². The molecule has 2 aromatic rings. The third kappa shape index (κ3) is 5.83. The van der Waals surface area contributed by atoms with Gasteiger partial charge in [0.25, 0.3) is 5.91 Å². The summed E-state index contributed by atoms with van der Waals surface area (Å²) in [5.41, 5.74) is 1.11. The quantitative estimate of drug-likeness (QED) is 0.826. The molecule has 6 nitrogen and oxygen atoms in total. The standard InChI is InChI=1S/C18H16ClN3O3/c1-12(25-16-8-2-13(19)3-9-16)18(24)22-15-6-4-14(5-7-15)21-17(23)10-11-20/h2-9,12H,10H2,1H3,(H,21,23)(H,22,24). The van der Waals surface area contributed by atoms with Crippen LogP contribution in [0.25, 0.3) is 0 Å². The monoisotopic (exact) mass is 357 g/mol. The first-order valence-corrected chi connectivity index (χ1v) is 7.85. The normalized spacial score (nSPS) is 11.1. The summed E-state index contributed by atoms with van der Waals surface area (Å²) in [5.74, 6) is -0.150. The smallest absolute Gasteiger partial charge is 0.265 e. The van der Waals surface area contributed by atoms with Gasteiger partial charge in [0.2, 0.25) is 5.91 Å². The van der Waals surface area contributed by atoms with Gasteiger partial charge in [-0.1, -0.05) is 11.6 Å². The SMILES string of the molecule is CC(Oc1ccc(Cl)cc1)C(=O)Nc1ccc(NC(=O)CC#N)cc1. The van der Waals surface area contributed by atoms with Crippen LogP contribution in [-0.2, 0) is 9.59 Å². The van der Waals surface area contributed by atoms with Gasteiger partial charge in [-0.2, -0.15) is 5.26 Å². The largest absolute Gasteiger partial charge is 0.481 e. The lowest BCUT2D eigenvalue weighted by Crippen LogP contribution is -2.30. The summed E-state index contributed by atoms with van der Waals surface area (Å²) >= 11 is 5.80. The molecule has 0 aliphatic carbocycles. The Morgan fingerprint density at radius 2 is 1.64 bits per heavy atom. The average Bonchev–Trinajstić information content (AvgIpc) is 2.59. The van der Waals surface area contributed by atoms with E-state index in [0.717, 1.165) is 0 Å². The summed E-state index contributed by atoms with van der Waals surface area (Å²) in [6, 6.07) is 15.1. The van der Waals surface area contributed by atoms with Gasteiger partial charge in [-0.25, -0.2) is 0 Å². The summed E-state index contributed by atoms with van der Waals surface area (Å²) in [7, 11) is 0. The van der Waals surface area contributed by atoms with Gasteiger partial charge in [-0.3, -0.25) is 9.59 Å². The van der Waals surface area contributed by atoms with Crippen LogP contribution in [0.3, 0.4) is 0 Å². The molecule has 0 bridgehead atoms. The van der Waals surface area contributed by atoms with Crippen molar-refractivity contribution in [3.63, 3.8) is 0 Å². The molecular formula is C18H16ClN3O3. The van der Waals surface area contributed by atoms with Gasteiger partial charge in [-0.05, 0) is 55.5 Å². The minimum absolute atomic E-state index is 0.210. The van der Waals surface area contributed by atoms with Gasteiger partial charge >= 0.3 is 0 Å². The lowest BCUT2D eigenvalue weighted by Gasteiger charge is -2.15. The van der Waals surface area contributed by atoms with Crippen LogP contribution in [0.15, 0.2) is 48.5 Å². The van der Waals surface area contributed by atoms with E-state index in [9.17, 15) is 9.59 Å². The molecule has 0 aromatic heterocycles. The topological polar surface area (TPSA) is 91.2 Å². The van der Waals surface area contributed by atoms with Gasteiger partial charge in [0, 0.05) is 16.4 Å². The average molecular weight is 358 g/mol. The molecule has 0 saturated carbocycles. The van der Waals surface area contributed by atoms with Gasteiger partial charge in [0.05, 0.1) is 6.07 Å². The molecule has 7 heteroatoms. The van der Waals surface area contributed by atoms with Crippen molar-refractivity contribution in [3.05, 3.63) is 53.6 Å². The van der Waals surface area contributed by atoms with E-state index < -0.39 is 6.10 Å². The van der Waals surface area contributed by atoms with Crippen LogP contribution in [0.1, 0.15) is 13.3 Å². The lowest BCUT2D eigenvalue weighted by atomic mass is 10.2. The molecule has 1 unspecified atom stereocenters. The highest BCUT2D eigenvalue weighted by Gasteiger charge is 2.15. The fourth-order valence-electron chi connectivity index (χ4n) is 1.93. The fraction of sp³-hybridized carbons (Fsp3) is 0.167. The number of hydrogen-bond acceptors (Lipinski definition) is 4. The van der Waals surface area contributed by atoms with Crippen LogP contribution < -0.4 is 15.4 Å². The van der Waals surface area contributed by atoms with Crippen molar-refractivity contribution >= 4 is 34.8 Å². The summed E-state index contributed by atoms with van der Waals surface area (Å²) in [6.07, 6.45) is -0.908. The maximum absolute atomic E-state index is 12.2. The summed E-state index contributed by atoms with van der Waals surface area (Å²) in [6.45, 7) is 1.64. The first-order valence-electron chi connectivity index (χ1n) is 7.48. The molecule has 0 heterocycles. The molecule has 0 saturated heterocycles. The predicted molar refractivity (Wildman–Crippen MR) is 95.5 cm³/mol. The Labute approximate surface area is 150 Å². The third-order valence-electron chi connectivity index (χ3n) is 3.17. The van der Waals surface area contributed by atoms with Crippen molar-refractivity contribution < 1.29 is 14.3 Å². The number of anilines is 2. The third-order valence-corrected chi connectivity index (χ3v) is 3.42. The Bertz CT molecular complexity index is 783. The van der Waals surface area contributed by atoms with Crippen molar-refractivity contribution in [1.82, 2.24) is 0 Å². The van der Waals surface area contributed by atoms with E-state index in [-0.39, 0.29) is 18.2 Å². The van der Waals surface area contributed by atoms with E-state index in [1.54, 1.807) is 61.5 Å². The zero-order chi connectivity index (χ0) is 18.2. The molecule has 0 aliphatic rings. The second kappa shape index (κ2) is 8.71. The number of amides is 2. The lowest BCUT2D eigenvalue weighted by molar-refractivity contribution is -0.122. The van der Waals surface area contributed by atoms with Crippen molar-refractivity contribution in [3.8, 4) is 11.8 Å². The van der Waals surface area contributed by atoms with Crippen LogP contribution in [0.2, 0.25) is 5.02 Å². The zero-order valence-corrected chi connectivity index (χ0v) is 14.2. The molecule has 2 amide bonds. The first-order chi connectivity index (χ1) is 12.0. The predicted octanol–water partition coefficient (Wildman–Crippen LogP) is 3.60. The number of nitrogens with one attached hydrogen (secondary N) is 2. The van der Waals surface area contributed by atoms with E-state index in [1.165, 1.54) is 0 Å². The highest BCUT2D eigenvalue weighted by Crippen LogP contribution is 2.18.